The van der Waals surface area contributed by atoms with Crippen LogP contribution in [0.3, 0.4) is 0 Å². The summed E-state index contributed by atoms with van der Waals surface area (Å²) in [5.41, 5.74) is 2.04. The Morgan fingerprint density at radius 1 is 1.37 bits per heavy atom. The van der Waals surface area contributed by atoms with Crippen LogP contribution in [0.2, 0.25) is 0 Å². The van der Waals surface area contributed by atoms with Gasteiger partial charge in [-0.05, 0) is 31.5 Å². The highest BCUT2D eigenvalue weighted by Crippen LogP contribution is 2.33. The fraction of sp³-hybridized carbons (Fsp3) is 0.375. The molecule has 0 saturated heterocycles. The van der Waals surface area contributed by atoms with Crippen molar-refractivity contribution in [1.29, 1.82) is 0 Å². The first kappa shape index (κ1) is 25.7. The van der Waals surface area contributed by atoms with Crippen LogP contribution < -0.4 is 15.4 Å². The molecule has 3 rings (SSSR count). The van der Waals surface area contributed by atoms with Crippen molar-refractivity contribution in [2.75, 3.05) is 13.7 Å². The van der Waals surface area contributed by atoms with Gasteiger partial charge < -0.3 is 20.3 Å². The molecule has 9 nitrogen and oxygen atoms in total. The van der Waals surface area contributed by atoms with Crippen LogP contribution in [0.15, 0.2) is 37.2 Å². The molecule has 0 aliphatic carbocycles. The minimum Gasteiger partial charge on any atom is -0.471 e. The number of alkyl halides is 2. The lowest BCUT2D eigenvalue weighted by Gasteiger charge is -2.25. The van der Waals surface area contributed by atoms with Gasteiger partial charge in [0.2, 0.25) is 11.8 Å². The summed E-state index contributed by atoms with van der Waals surface area (Å²) < 4.78 is 31.3. The molecule has 186 valence electrons. The number of rotatable bonds is 9. The summed E-state index contributed by atoms with van der Waals surface area (Å²) in [6.45, 7) is 7.12. The van der Waals surface area contributed by atoms with Crippen LogP contribution in [0, 0.1) is 6.92 Å². The smallest absolute Gasteiger partial charge is 0.278 e. The lowest BCUT2D eigenvalue weighted by atomic mass is 10.1. The molecule has 2 aromatic heterocycles. The quantitative estimate of drug-likeness (QED) is 0.526. The Hall–Kier alpha value is -3.89. The molecular formula is C24H27F2N5O4. The maximum atomic E-state index is 13.1. The number of aryl methyl sites for hydroxylation is 1. The van der Waals surface area contributed by atoms with E-state index in [1.165, 1.54) is 31.6 Å². The second kappa shape index (κ2) is 10.2. The number of carbonyl (C=O) groups excluding carboxylic acids is 3. The van der Waals surface area contributed by atoms with Gasteiger partial charge >= 0.3 is 0 Å². The van der Waals surface area contributed by atoms with E-state index < -0.39 is 36.4 Å². The molecule has 0 spiro atoms. The molecule has 0 fully saturated rings. The van der Waals surface area contributed by atoms with Gasteiger partial charge in [-0.3, -0.25) is 19.4 Å². The predicted octanol–water partition coefficient (Wildman–Crippen LogP) is 2.57. The molecule has 2 N–H and O–H groups in total. The number of nitrogens with zero attached hydrogens (tertiary/aromatic N) is 3. The van der Waals surface area contributed by atoms with Gasteiger partial charge in [-0.25, -0.2) is 13.8 Å². The van der Waals surface area contributed by atoms with Crippen LogP contribution in [0.25, 0.3) is 0 Å². The molecule has 0 saturated carbocycles. The monoisotopic (exact) mass is 487 g/mol. The number of hydrogen-bond donors (Lipinski definition) is 2. The molecule has 1 aliphatic rings. The number of hydrogen-bond acceptors (Lipinski definition) is 6. The van der Waals surface area contributed by atoms with Crippen molar-refractivity contribution in [3.05, 3.63) is 65.1 Å². The van der Waals surface area contributed by atoms with Crippen LogP contribution in [-0.2, 0) is 11.3 Å². The van der Waals surface area contributed by atoms with E-state index in [1.54, 1.807) is 24.8 Å². The Balaban J connectivity index is 1.81. The second-order valence-corrected chi connectivity index (χ2v) is 8.35. The fourth-order valence-electron chi connectivity index (χ4n) is 3.69. The number of fused-ring (bicyclic) bond motifs is 1. The molecule has 1 aliphatic heterocycles. The first-order chi connectivity index (χ1) is 16.5. The highest BCUT2D eigenvalue weighted by Gasteiger charge is 2.35. The summed E-state index contributed by atoms with van der Waals surface area (Å²) in [5.74, 6) is -4.24. The number of carbonyl (C=O) groups is 3. The normalized spacial score (nSPS) is 14.7. The van der Waals surface area contributed by atoms with Crippen LogP contribution in [0.5, 0.6) is 5.88 Å². The molecule has 3 amide bonds. The Labute approximate surface area is 201 Å². The number of ether oxygens (including phenoxy) is 1. The van der Waals surface area contributed by atoms with Crippen molar-refractivity contribution < 1.29 is 27.9 Å². The zero-order chi connectivity index (χ0) is 25.9. The first-order valence-electron chi connectivity index (χ1n) is 10.9. The third-order valence-corrected chi connectivity index (χ3v) is 5.61. The summed E-state index contributed by atoms with van der Waals surface area (Å²) in [6, 6.07) is 1.86. The maximum Gasteiger partial charge on any atom is 0.278 e. The van der Waals surface area contributed by atoms with E-state index in [0.717, 1.165) is 6.92 Å². The van der Waals surface area contributed by atoms with Crippen molar-refractivity contribution in [3.63, 3.8) is 0 Å². The van der Waals surface area contributed by atoms with E-state index in [9.17, 15) is 23.2 Å². The molecule has 1 unspecified atom stereocenters. The molecule has 3 heterocycles. The number of likely N-dealkylation sites (N-methyl/N-ethyl adjacent to an activating group) is 1. The number of aromatic nitrogens is 2. The Morgan fingerprint density at radius 3 is 2.69 bits per heavy atom. The average molecular weight is 488 g/mol. The Morgan fingerprint density at radius 2 is 2.09 bits per heavy atom. The zero-order valence-corrected chi connectivity index (χ0v) is 19.9. The molecular weight excluding hydrogens is 460 g/mol. The third kappa shape index (κ3) is 5.61. The fourth-order valence-corrected chi connectivity index (χ4v) is 3.69. The molecule has 2 aromatic rings. The highest BCUT2D eigenvalue weighted by molar-refractivity contribution is 6.04. The summed E-state index contributed by atoms with van der Waals surface area (Å²) in [6.07, 6.45) is 4.13. The molecule has 11 heteroatoms. The third-order valence-electron chi connectivity index (χ3n) is 5.61. The Kier molecular flexibility index (Phi) is 7.47. The van der Waals surface area contributed by atoms with Gasteiger partial charge in [-0.15, -0.1) is 6.58 Å². The van der Waals surface area contributed by atoms with E-state index in [0.29, 0.717) is 22.3 Å². The molecule has 2 atom stereocenters. The maximum absolute atomic E-state index is 13.1. The van der Waals surface area contributed by atoms with Gasteiger partial charge in [0.1, 0.15) is 11.7 Å². The van der Waals surface area contributed by atoms with Gasteiger partial charge in [-0.1, -0.05) is 6.08 Å². The van der Waals surface area contributed by atoms with E-state index in [2.05, 4.69) is 27.2 Å². The standard InChI is InChI=1S/C24H27F2N5O4/c1-6-18(20(32)27-5)30-21(33)19-17-11-31(23(34)16(17)7-8-28-19)14(3)15-9-13(2)22(29-10-15)35-12-24(4,25)26/h6-10,14,18H,1,11-12H2,2-5H3,(H,27,32)(H,30,33)/t14?,18-/m0/s1. The molecule has 35 heavy (non-hydrogen) atoms. The minimum absolute atomic E-state index is 0.0415. The van der Waals surface area contributed by atoms with E-state index in [4.69, 9.17) is 4.74 Å². The molecule has 0 bridgehead atoms. The van der Waals surface area contributed by atoms with Gasteiger partial charge in [0.05, 0.1) is 6.04 Å². The SMILES string of the molecule is C=C[C@H](NC(=O)c1nccc2c1CN(C(C)c1cnc(OCC(C)(F)F)c(C)c1)C2=O)C(=O)NC. The van der Waals surface area contributed by atoms with E-state index in [-0.39, 0.29) is 24.0 Å². The summed E-state index contributed by atoms with van der Waals surface area (Å²) >= 11 is 0. The van der Waals surface area contributed by atoms with Crippen LogP contribution in [-0.4, -0.2) is 58.2 Å². The highest BCUT2D eigenvalue weighted by atomic mass is 19.3. The van der Waals surface area contributed by atoms with Crippen molar-refractivity contribution >= 4 is 17.7 Å². The number of nitrogens with one attached hydrogen (secondary N) is 2. The minimum atomic E-state index is -2.99. The lowest BCUT2D eigenvalue weighted by molar-refractivity contribution is -0.121. The van der Waals surface area contributed by atoms with Gasteiger partial charge in [0.15, 0.2) is 6.61 Å². The zero-order valence-electron chi connectivity index (χ0n) is 19.9. The van der Waals surface area contributed by atoms with Crippen molar-refractivity contribution in [3.8, 4) is 5.88 Å². The van der Waals surface area contributed by atoms with Gasteiger partial charge in [0, 0.05) is 49.6 Å². The van der Waals surface area contributed by atoms with E-state index in [1.807, 2.05) is 0 Å². The molecule has 0 aromatic carbocycles. The van der Waals surface area contributed by atoms with Crippen molar-refractivity contribution in [2.45, 2.75) is 45.3 Å². The van der Waals surface area contributed by atoms with Gasteiger partial charge in [0.25, 0.3) is 17.7 Å². The summed E-state index contributed by atoms with van der Waals surface area (Å²) in [5, 5.41) is 4.99. The number of pyridine rings is 2. The molecule has 0 radical (unpaired) electrons. The van der Waals surface area contributed by atoms with E-state index >= 15 is 0 Å². The summed E-state index contributed by atoms with van der Waals surface area (Å²) in [7, 11) is 1.44. The lowest BCUT2D eigenvalue weighted by Crippen LogP contribution is -2.44. The average Bonchev–Trinajstić information content (AvgIpc) is 3.16. The van der Waals surface area contributed by atoms with Crippen LogP contribution in [0.4, 0.5) is 8.78 Å². The van der Waals surface area contributed by atoms with Crippen LogP contribution >= 0.6 is 0 Å². The second-order valence-electron chi connectivity index (χ2n) is 8.35. The van der Waals surface area contributed by atoms with Crippen LogP contribution in [0.1, 0.15) is 57.4 Å². The predicted molar refractivity (Wildman–Crippen MR) is 123 cm³/mol. The topological polar surface area (TPSA) is 114 Å². The van der Waals surface area contributed by atoms with Crippen molar-refractivity contribution in [2.24, 2.45) is 0 Å². The Bertz CT molecular complexity index is 1170. The van der Waals surface area contributed by atoms with Gasteiger partial charge in [-0.2, -0.15) is 0 Å². The summed E-state index contributed by atoms with van der Waals surface area (Å²) in [4.78, 5) is 47.7. The first-order valence-corrected chi connectivity index (χ1v) is 10.9. The van der Waals surface area contributed by atoms with Crippen molar-refractivity contribution in [1.82, 2.24) is 25.5 Å². The largest absolute Gasteiger partial charge is 0.471 e. The number of halogens is 2. The number of amides is 3.